The molecule has 1 N–H and O–H groups in total. The van der Waals surface area contributed by atoms with Crippen molar-refractivity contribution in [3.05, 3.63) is 46.9 Å². The Bertz CT molecular complexity index is 797. The second-order valence-electron chi connectivity index (χ2n) is 5.77. The summed E-state index contributed by atoms with van der Waals surface area (Å²) >= 11 is 1.76. The van der Waals surface area contributed by atoms with Gasteiger partial charge in [0.1, 0.15) is 0 Å². The maximum absolute atomic E-state index is 10.1. The van der Waals surface area contributed by atoms with Gasteiger partial charge in [0.15, 0.2) is 5.82 Å². The lowest BCUT2D eigenvalue weighted by Gasteiger charge is -2.20. The van der Waals surface area contributed by atoms with Gasteiger partial charge in [-0.3, -0.25) is 4.90 Å². The molecule has 0 radical (unpaired) electrons. The molecule has 0 saturated carbocycles. The van der Waals surface area contributed by atoms with Gasteiger partial charge in [0.25, 0.3) is 0 Å². The number of thiophene rings is 1. The fourth-order valence-corrected chi connectivity index (χ4v) is 4.09. The molecular formula is C16H17N3O2S. The second-order valence-corrected chi connectivity index (χ2v) is 6.68. The highest BCUT2D eigenvalue weighted by molar-refractivity contribution is 7.17. The molecule has 3 aromatic rings. The number of benzene rings is 1. The monoisotopic (exact) mass is 315 g/mol. The first-order chi connectivity index (χ1) is 10.7. The Morgan fingerprint density at radius 2 is 2.27 bits per heavy atom. The van der Waals surface area contributed by atoms with Crippen molar-refractivity contribution in [2.24, 2.45) is 0 Å². The number of β-amino-alcohol motifs (C(OH)–C–C–N with tert-alkyl or cyclic N) is 1. The molecule has 6 heteroatoms. The third-order valence-corrected chi connectivity index (χ3v) is 5.16. The molecule has 1 saturated heterocycles. The molecule has 0 unspecified atom stereocenters. The van der Waals surface area contributed by atoms with E-state index in [1.165, 1.54) is 15.6 Å². The van der Waals surface area contributed by atoms with E-state index in [0.717, 1.165) is 6.54 Å². The van der Waals surface area contributed by atoms with Crippen molar-refractivity contribution in [1.29, 1.82) is 0 Å². The van der Waals surface area contributed by atoms with E-state index in [-0.39, 0.29) is 12.1 Å². The van der Waals surface area contributed by atoms with E-state index in [9.17, 15) is 5.11 Å². The fraction of sp³-hybridized carbons (Fsp3) is 0.375. The number of rotatable bonds is 3. The Hall–Kier alpha value is -1.76. The van der Waals surface area contributed by atoms with E-state index in [1.807, 2.05) is 6.92 Å². The molecule has 1 fully saturated rings. The molecule has 2 atom stereocenters. The Morgan fingerprint density at radius 1 is 1.41 bits per heavy atom. The molecule has 4 rings (SSSR count). The van der Waals surface area contributed by atoms with Gasteiger partial charge < -0.3 is 9.63 Å². The maximum Gasteiger partial charge on any atom is 0.244 e. The molecule has 2 aromatic heterocycles. The van der Waals surface area contributed by atoms with Gasteiger partial charge in [-0.15, -0.1) is 11.3 Å². The highest BCUT2D eigenvalue weighted by atomic mass is 32.1. The van der Waals surface area contributed by atoms with Crippen LogP contribution in [0.2, 0.25) is 0 Å². The number of fused-ring (bicyclic) bond motifs is 1. The van der Waals surface area contributed by atoms with Gasteiger partial charge in [-0.2, -0.15) is 4.98 Å². The zero-order valence-corrected chi connectivity index (χ0v) is 13.1. The van der Waals surface area contributed by atoms with E-state index >= 15 is 0 Å². The Labute approximate surface area is 132 Å². The van der Waals surface area contributed by atoms with Crippen LogP contribution in [0.3, 0.4) is 0 Å². The summed E-state index contributed by atoms with van der Waals surface area (Å²) in [6, 6.07) is 8.42. The summed E-state index contributed by atoms with van der Waals surface area (Å²) < 4.78 is 6.62. The zero-order chi connectivity index (χ0) is 15.1. The van der Waals surface area contributed by atoms with Crippen LogP contribution in [0, 0.1) is 6.92 Å². The molecule has 114 valence electrons. The van der Waals surface area contributed by atoms with Crippen molar-refractivity contribution in [1.82, 2.24) is 15.0 Å². The highest BCUT2D eigenvalue weighted by Gasteiger charge is 2.35. The lowest BCUT2D eigenvalue weighted by atomic mass is 10.1. The van der Waals surface area contributed by atoms with Crippen molar-refractivity contribution in [3.8, 4) is 0 Å². The Balaban J connectivity index is 1.63. The van der Waals surface area contributed by atoms with Crippen molar-refractivity contribution in [3.63, 3.8) is 0 Å². The first-order valence-corrected chi connectivity index (χ1v) is 8.26. The van der Waals surface area contributed by atoms with Crippen molar-refractivity contribution >= 4 is 21.4 Å². The summed E-state index contributed by atoms with van der Waals surface area (Å²) in [6.07, 6.45) is 0.297. The summed E-state index contributed by atoms with van der Waals surface area (Å²) in [6.45, 7) is 3.23. The Morgan fingerprint density at radius 3 is 3.09 bits per heavy atom. The molecule has 0 spiro atoms. The SMILES string of the molecule is Cc1noc([C@H]2C[C@@H](O)CN2Cc2csc3ccccc23)n1. The molecule has 1 aliphatic rings. The molecular weight excluding hydrogens is 298 g/mol. The van der Waals surface area contributed by atoms with Crippen LogP contribution in [0.5, 0.6) is 0 Å². The normalized spacial score (nSPS) is 22.6. The summed E-state index contributed by atoms with van der Waals surface area (Å²) in [7, 11) is 0. The molecule has 22 heavy (non-hydrogen) atoms. The summed E-state index contributed by atoms with van der Waals surface area (Å²) in [5.74, 6) is 1.24. The van der Waals surface area contributed by atoms with Crippen LogP contribution in [0.25, 0.3) is 10.1 Å². The number of nitrogens with zero attached hydrogens (tertiary/aromatic N) is 3. The van der Waals surface area contributed by atoms with E-state index in [0.29, 0.717) is 24.7 Å². The number of aromatic nitrogens is 2. The quantitative estimate of drug-likeness (QED) is 0.805. The van der Waals surface area contributed by atoms with Crippen molar-refractivity contribution in [2.75, 3.05) is 6.54 Å². The fourth-order valence-electron chi connectivity index (χ4n) is 3.13. The van der Waals surface area contributed by atoms with E-state index in [1.54, 1.807) is 11.3 Å². The van der Waals surface area contributed by atoms with Gasteiger partial charge in [-0.1, -0.05) is 23.4 Å². The minimum Gasteiger partial charge on any atom is -0.392 e. The minimum absolute atomic E-state index is 0.00476. The second kappa shape index (κ2) is 5.46. The molecule has 3 heterocycles. The first-order valence-electron chi connectivity index (χ1n) is 7.38. The largest absolute Gasteiger partial charge is 0.392 e. The third kappa shape index (κ3) is 2.43. The van der Waals surface area contributed by atoms with Crippen LogP contribution in [0.1, 0.15) is 29.7 Å². The van der Waals surface area contributed by atoms with E-state index in [2.05, 4.69) is 44.7 Å². The Kier molecular flexibility index (Phi) is 3.44. The highest BCUT2D eigenvalue weighted by Crippen LogP contribution is 2.35. The number of hydrogen-bond donors (Lipinski definition) is 1. The molecule has 1 aliphatic heterocycles. The van der Waals surface area contributed by atoms with Gasteiger partial charge in [-0.25, -0.2) is 0 Å². The minimum atomic E-state index is -0.345. The maximum atomic E-state index is 10.1. The lowest BCUT2D eigenvalue weighted by Crippen LogP contribution is -2.24. The zero-order valence-electron chi connectivity index (χ0n) is 12.3. The van der Waals surface area contributed by atoms with Gasteiger partial charge in [0.05, 0.1) is 12.1 Å². The molecule has 0 bridgehead atoms. The summed E-state index contributed by atoms with van der Waals surface area (Å²) in [4.78, 5) is 6.57. The molecule has 0 amide bonds. The standard InChI is InChI=1S/C16H17N3O2S/c1-10-17-16(21-18-10)14-6-12(20)8-19(14)7-11-9-22-15-5-3-2-4-13(11)15/h2-5,9,12,14,20H,6-8H2,1H3/t12-,14-/m1/s1. The smallest absolute Gasteiger partial charge is 0.244 e. The van der Waals surface area contributed by atoms with Gasteiger partial charge in [-0.05, 0) is 35.7 Å². The molecule has 1 aromatic carbocycles. The van der Waals surface area contributed by atoms with Crippen LogP contribution in [0.4, 0.5) is 0 Å². The summed E-state index contributed by atoms with van der Waals surface area (Å²) in [5, 5.41) is 17.4. The number of aliphatic hydroxyl groups excluding tert-OH is 1. The van der Waals surface area contributed by atoms with Crippen LogP contribution in [-0.4, -0.2) is 32.8 Å². The number of hydrogen-bond acceptors (Lipinski definition) is 6. The van der Waals surface area contributed by atoms with E-state index in [4.69, 9.17) is 4.52 Å². The van der Waals surface area contributed by atoms with Gasteiger partial charge in [0, 0.05) is 17.8 Å². The topological polar surface area (TPSA) is 62.4 Å². The van der Waals surface area contributed by atoms with Gasteiger partial charge in [0.2, 0.25) is 5.89 Å². The average molecular weight is 315 g/mol. The third-order valence-electron chi connectivity index (χ3n) is 4.14. The van der Waals surface area contributed by atoms with Crippen LogP contribution in [0.15, 0.2) is 34.2 Å². The molecule has 5 nitrogen and oxygen atoms in total. The van der Waals surface area contributed by atoms with E-state index < -0.39 is 0 Å². The van der Waals surface area contributed by atoms with Crippen LogP contribution >= 0.6 is 11.3 Å². The summed E-state index contributed by atoms with van der Waals surface area (Å²) in [5.41, 5.74) is 1.29. The van der Waals surface area contributed by atoms with Crippen molar-refractivity contribution < 1.29 is 9.63 Å². The van der Waals surface area contributed by atoms with Crippen LogP contribution < -0.4 is 0 Å². The predicted octanol–water partition coefficient (Wildman–Crippen LogP) is 2.90. The number of aliphatic hydroxyl groups is 1. The number of likely N-dealkylation sites (tertiary alicyclic amines) is 1. The van der Waals surface area contributed by atoms with Crippen LogP contribution in [-0.2, 0) is 6.54 Å². The molecule has 0 aliphatic carbocycles. The van der Waals surface area contributed by atoms with Gasteiger partial charge >= 0.3 is 0 Å². The average Bonchev–Trinajstić information content (AvgIpc) is 3.19. The van der Waals surface area contributed by atoms with Crippen molar-refractivity contribution in [2.45, 2.75) is 32.0 Å². The lowest BCUT2D eigenvalue weighted by molar-refractivity contribution is 0.169. The predicted molar refractivity (Wildman–Crippen MR) is 84.6 cm³/mol. The number of aryl methyl sites for hydroxylation is 1. The first kappa shape index (κ1) is 13.9.